The number of hydrogen-bond donors (Lipinski definition) is 1. The first-order valence-electron chi connectivity index (χ1n) is 2.45. The van der Waals surface area contributed by atoms with Gasteiger partial charge in [-0.1, -0.05) is 0 Å². The van der Waals surface area contributed by atoms with Crippen molar-refractivity contribution in [3.05, 3.63) is 29.6 Å². The molecule has 54 valence electrons. The quantitative estimate of drug-likeness (QED) is 0.556. The van der Waals surface area contributed by atoms with Crippen LogP contribution in [0.25, 0.3) is 0 Å². The molecule has 1 N–H and O–H groups in total. The van der Waals surface area contributed by atoms with Crippen LogP contribution < -0.4 is 0 Å². The largest absolute Gasteiger partial charge is 0.505 e. The highest BCUT2D eigenvalue weighted by molar-refractivity contribution is 5.23. The van der Waals surface area contributed by atoms with Gasteiger partial charge in [0.2, 0.25) is 0 Å². The molecule has 0 aliphatic rings. The Morgan fingerprint density at radius 2 is 1.40 bits per heavy atom. The van der Waals surface area contributed by atoms with Crippen molar-refractivity contribution in [1.82, 2.24) is 0 Å². The molecule has 0 aliphatic heterocycles. The van der Waals surface area contributed by atoms with Gasteiger partial charge in [0.15, 0.2) is 23.2 Å². The minimum atomic E-state index is -1.31. The predicted octanol–water partition coefficient (Wildman–Crippen LogP) is 1.81. The summed E-state index contributed by atoms with van der Waals surface area (Å²) < 4.78 is 36.2. The average Bonchev–Trinajstić information content (AvgIpc) is 1.84. The van der Waals surface area contributed by atoms with Gasteiger partial charge in [0.1, 0.15) is 0 Å². The molecule has 0 unspecified atom stereocenters. The van der Waals surface area contributed by atoms with Crippen LogP contribution in [0.1, 0.15) is 0 Å². The van der Waals surface area contributed by atoms with E-state index in [4.69, 9.17) is 5.11 Å². The Morgan fingerprint density at radius 1 is 0.900 bits per heavy atom. The molecule has 0 amide bonds. The van der Waals surface area contributed by atoms with E-state index >= 15 is 0 Å². The minimum absolute atomic E-state index is 0.282. The van der Waals surface area contributed by atoms with Gasteiger partial charge in [-0.3, -0.25) is 0 Å². The topological polar surface area (TPSA) is 20.2 Å². The molecule has 1 aromatic carbocycles. The van der Waals surface area contributed by atoms with Crippen LogP contribution in [0.5, 0.6) is 5.75 Å². The number of rotatable bonds is 0. The van der Waals surface area contributed by atoms with Crippen molar-refractivity contribution in [2.45, 2.75) is 0 Å². The highest BCUT2D eigenvalue weighted by Gasteiger charge is 2.07. The van der Waals surface area contributed by atoms with E-state index in [9.17, 15) is 13.2 Å². The molecule has 0 fully saturated rings. The van der Waals surface area contributed by atoms with Crippen LogP contribution in [0.3, 0.4) is 0 Å². The van der Waals surface area contributed by atoms with Gasteiger partial charge in [0.05, 0.1) is 0 Å². The van der Waals surface area contributed by atoms with E-state index in [0.29, 0.717) is 6.07 Å². The Hall–Kier alpha value is -1.19. The van der Waals surface area contributed by atoms with Gasteiger partial charge in [-0.15, -0.1) is 0 Å². The number of halogens is 3. The molecule has 0 aliphatic carbocycles. The lowest BCUT2D eigenvalue weighted by Gasteiger charge is -1.94. The Morgan fingerprint density at radius 3 is 1.90 bits per heavy atom. The second-order valence-electron chi connectivity index (χ2n) is 1.72. The lowest BCUT2D eigenvalue weighted by Crippen LogP contribution is -1.85. The lowest BCUT2D eigenvalue weighted by molar-refractivity contribution is 0.413. The summed E-state index contributed by atoms with van der Waals surface area (Å²) in [6.45, 7) is 0. The Kier molecular flexibility index (Phi) is 1.53. The van der Waals surface area contributed by atoms with Gasteiger partial charge in [0, 0.05) is 12.1 Å². The third-order valence-electron chi connectivity index (χ3n) is 0.990. The van der Waals surface area contributed by atoms with Gasteiger partial charge >= 0.3 is 0 Å². The zero-order valence-corrected chi connectivity index (χ0v) is 4.74. The van der Waals surface area contributed by atoms with Crippen LogP contribution in [0.2, 0.25) is 0 Å². The van der Waals surface area contributed by atoms with Crippen molar-refractivity contribution in [1.29, 1.82) is 0 Å². The number of phenols is 1. The van der Waals surface area contributed by atoms with Crippen molar-refractivity contribution < 1.29 is 18.3 Å². The normalized spacial score (nSPS) is 9.90. The summed E-state index contributed by atoms with van der Waals surface area (Å²) in [6, 6.07) is 0.662. The van der Waals surface area contributed by atoms with Crippen LogP contribution >= 0.6 is 0 Å². The molecule has 0 atom stereocenters. The second-order valence-corrected chi connectivity index (χ2v) is 1.72. The molecular weight excluding hydrogens is 145 g/mol. The van der Waals surface area contributed by atoms with Gasteiger partial charge in [0.25, 0.3) is 0 Å². The molecule has 0 bridgehead atoms. The van der Waals surface area contributed by atoms with Gasteiger partial charge in [-0.25, -0.2) is 13.2 Å². The third-order valence-corrected chi connectivity index (χ3v) is 0.990. The SMILES string of the molecule is Oc1cc(F)c(F)cc1F. The number of hydrogen-bond acceptors (Lipinski definition) is 1. The van der Waals surface area contributed by atoms with E-state index in [1.165, 1.54) is 0 Å². The molecule has 1 aromatic rings. The first-order valence-corrected chi connectivity index (χ1v) is 2.45. The van der Waals surface area contributed by atoms with Crippen molar-refractivity contribution in [2.24, 2.45) is 0 Å². The number of aromatic hydroxyl groups is 1. The minimum Gasteiger partial charge on any atom is -0.505 e. The zero-order valence-electron chi connectivity index (χ0n) is 4.74. The van der Waals surface area contributed by atoms with Crippen molar-refractivity contribution >= 4 is 0 Å². The molecule has 4 heteroatoms. The highest BCUT2D eigenvalue weighted by atomic mass is 19.2. The molecule has 1 nitrogen and oxygen atoms in total. The van der Waals surface area contributed by atoms with Crippen LogP contribution in [0, 0.1) is 17.5 Å². The van der Waals surface area contributed by atoms with E-state index in [2.05, 4.69) is 0 Å². The summed E-state index contributed by atoms with van der Waals surface area (Å²) in [5, 5.41) is 8.44. The summed E-state index contributed by atoms with van der Waals surface area (Å²) in [7, 11) is 0. The molecule has 0 radical (unpaired) electrons. The monoisotopic (exact) mass is 148 g/mol. The van der Waals surface area contributed by atoms with E-state index in [1.54, 1.807) is 0 Å². The Balaban J connectivity index is 3.28. The Labute approximate surface area is 54.7 Å². The maximum atomic E-state index is 12.1. The first-order chi connectivity index (χ1) is 4.61. The third kappa shape index (κ3) is 1.05. The predicted molar refractivity (Wildman–Crippen MR) is 28.0 cm³/mol. The standard InChI is InChI=1S/C6H3F3O/c7-3-1-5(9)6(10)2-4(3)8/h1-2,10H. The van der Waals surface area contributed by atoms with E-state index in [0.717, 1.165) is 0 Å². The molecule has 10 heavy (non-hydrogen) atoms. The fraction of sp³-hybridized carbons (Fsp3) is 0. The molecule has 1 rings (SSSR count). The maximum Gasteiger partial charge on any atom is 0.167 e. The van der Waals surface area contributed by atoms with Crippen molar-refractivity contribution in [3.8, 4) is 5.75 Å². The van der Waals surface area contributed by atoms with Crippen molar-refractivity contribution in [2.75, 3.05) is 0 Å². The highest BCUT2D eigenvalue weighted by Crippen LogP contribution is 2.18. The molecular formula is C6H3F3O. The van der Waals surface area contributed by atoms with Gasteiger partial charge in [-0.05, 0) is 0 Å². The summed E-state index contributed by atoms with van der Waals surface area (Å²) in [5.74, 6) is -4.63. The van der Waals surface area contributed by atoms with Crippen LogP contribution in [0.4, 0.5) is 13.2 Å². The van der Waals surface area contributed by atoms with Gasteiger partial charge in [-0.2, -0.15) is 0 Å². The molecule has 0 saturated carbocycles. The molecule has 0 aromatic heterocycles. The molecule has 0 saturated heterocycles. The Bertz CT molecular complexity index is 209. The first kappa shape index (κ1) is 6.92. The second kappa shape index (κ2) is 2.21. The van der Waals surface area contributed by atoms with Crippen molar-refractivity contribution in [3.63, 3.8) is 0 Å². The zero-order chi connectivity index (χ0) is 7.72. The molecule has 0 heterocycles. The lowest BCUT2D eigenvalue weighted by atomic mass is 10.3. The summed E-state index contributed by atoms with van der Waals surface area (Å²) in [6.07, 6.45) is 0. The number of phenolic OH excluding ortho intramolecular Hbond substituents is 1. The summed E-state index contributed by atoms with van der Waals surface area (Å²) in [4.78, 5) is 0. The average molecular weight is 148 g/mol. The maximum absolute atomic E-state index is 12.1. The van der Waals surface area contributed by atoms with Gasteiger partial charge < -0.3 is 5.11 Å². The van der Waals surface area contributed by atoms with E-state index in [1.807, 2.05) is 0 Å². The summed E-state index contributed by atoms with van der Waals surface area (Å²) in [5.41, 5.74) is 0. The molecule has 0 spiro atoms. The fourth-order valence-electron chi connectivity index (χ4n) is 0.512. The number of benzene rings is 1. The van der Waals surface area contributed by atoms with E-state index < -0.39 is 23.2 Å². The van der Waals surface area contributed by atoms with Crippen LogP contribution in [-0.4, -0.2) is 5.11 Å². The van der Waals surface area contributed by atoms with Crippen LogP contribution in [0.15, 0.2) is 12.1 Å². The smallest absolute Gasteiger partial charge is 0.167 e. The summed E-state index contributed by atoms with van der Waals surface area (Å²) >= 11 is 0. The van der Waals surface area contributed by atoms with Crippen LogP contribution in [-0.2, 0) is 0 Å². The van der Waals surface area contributed by atoms with E-state index in [-0.39, 0.29) is 6.07 Å². The fourth-order valence-corrected chi connectivity index (χ4v) is 0.512.